The Bertz CT molecular complexity index is 2850. The van der Waals surface area contributed by atoms with Gasteiger partial charge in [0.25, 0.3) is 0 Å². The minimum Gasteiger partial charge on any atom is -0.422 e. The maximum Gasteiger partial charge on any atom is 2.00 e. The molecule has 5 heterocycles. The van der Waals surface area contributed by atoms with Gasteiger partial charge < -0.3 is 31.2 Å². The molecule has 8 aromatic carbocycles. The van der Waals surface area contributed by atoms with Crippen LogP contribution >= 0.6 is 0 Å². The van der Waals surface area contributed by atoms with Crippen LogP contribution in [0.3, 0.4) is 0 Å². The van der Waals surface area contributed by atoms with Gasteiger partial charge in [0.2, 0.25) is 0 Å². The zero-order valence-electron chi connectivity index (χ0n) is 30.4. The van der Waals surface area contributed by atoms with Gasteiger partial charge >= 0.3 is 17.1 Å². The maximum absolute atomic E-state index is 5.38. The first-order chi connectivity index (χ1) is 27.7. The van der Waals surface area contributed by atoms with Crippen LogP contribution in [0.2, 0.25) is 0 Å². The molecule has 0 amide bonds. The Labute approximate surface area is 337 Å². The van der Waals surface area contributed by atoms with Crippen molar-refractivity contribution >= 4 is 87.9 Å². The summed E-state index contributed by atoms with van der Waals surface area (Å²) in [7, 11) is 0. The van der Waals surface area contributed by atoms with Gasteiger partial charge in [0.15, 0.2) is 0 Å². The van der Waals surface area contributed by atoms with Crippen LogP contribution in [-0.4, -0.2) is 0 Å². The second-order valence-corrected chi connectivity index (χ2v) is 15.4. The Balaban J connectivity index is 0.00000356. The number of benzene rings is 8. The molecular weight excluding hydrogens is 752 g/mol. The van der Waals surface area contributed by atoms with Crippen LogP contribution in [0, 0.1) is 0 Å². The minimum absolute atomic E-state index is 0. The van der Waals surface area contributed by atoms with Crippen molar-refractivity contribution < 1.29 is 17.1 Å². The Morgan fingerprint density at radius 3 is 0.737 bits per heavy atom. The zero-order chi connectivity index (χ0) is 36.5. The molecule has 0 spiro atoms. The van der Waals surface area contributed by atoms with E-state index in [0.29, 0.717) is 0 Å². The Kier molecular flexibility index (Phi) is 7.04. The fourth-order valence-electron chi connectivity index (χ4n) is 9.44. The molecule has 8 bridgehead atoms. The third-order valence-corrected chi connectivity index (χ3v) is 12.2. The van der Waals surface area contributed by atoms with E-state index in [4.69, 9.17) is 9.97 Å². The van der Waals surface area contributed by atoms with Crippen molar-refractivity contribution in [3.8, 4) is 0 Å². The molecule has 4 atom stereocenters. The molecule has 57 heavy (non-hydrogen) atoms. The largest absolute Gasteiger partial charge is 2.00 e. The van der Waals surface area contributed by atoms with Crippen LogP contribution in [0.4, 0.5) is 23.3 Å². The summed E-state index contributed by atoms with van der Waals surface area (Å²) in [5.41, 5.74) is 4.72. The normalized spacial score (nSPS) is 19.5. The number of nitrogens with zero attached hydrogens (tertiary/aromatic N) is 2. The quantitative estimate of drug-likeness (QED) is 0.0846. The van der Waals surface area contributed by atoms with Crippen molar-refractivity contribution in [1.29, 1.82) is 0 Å². The molecule has 277 valence electrons. The number of hydrogen-bond acceptors (Lipinski definition) is 6. The van der Waals surface area contributed by atoms with Crippen LogP contribution in [0.1, 0.15) is 46.9 Å². The summed E-state index contributed by atoms with van der Waals surface area (Å²) in [5, 5.41) is 37.2. The minimum atomic E-state index is -0.224. The average molecular weight is 786 g/mol. The van der Waals surface area contributed by atoms with E-state index in [-0.39, 0.29) is 41.7 Å². The molecule has 0 saturated carbocycles. The number of anilines is 4. The molecule has 1 radical (unpaired) electrons. The molecule has 8 nitrogen and oxygen atoms in total. The average Bonchev–Trinajstić information content (AvgIpc) is 3.95. The summed E-state index contributed by atoms with van der Waals surface area (Å²) >= 11 is 0. The molecule has 13 rings (SSSR count). The van der Waals surface area contributed by atoms with E-state index in [0.717, 1.165) is 44.8 Å². The molecule has 0 aliphatic carbocycles. The molecular formula is C48H34CuN8. The zero-order valence-corrected chi connectivity index (χ0v) is 31.3. The fourth-order valence-corrected chi connectivity index (χ4v) is 9.44. The van der Waals surface area contributed by atoms with Crippen LogP contribution in [0.5, 0.6) is 0 Å². The van der Waals surface area contributed by atoms with Crippen LogP contribution in [-0.2, 0) is 17.1 Å². The third-order valence-electron chi connectivity index (χ3n) is 12.2. The molecule has 4 unspecified atom stereocenters. The molecule has 2 aromatic heterocycles. The summed E-state index contributed by atoms with van der Waals surface area (Å²) in [4.78, 5) is 10.8. The molecule has 9 heteroatoms. The van der Waals surface area contributed by atoms with Crippen molar-refractivity contribution in [2.24, 2.45) is 0 Å². The summed E-state index contributed by atoms with van der Waals surface area (Å²) in [6.07, 6.45) is -0.896. The first-order valence-corrected chi connectivity index (χ1v) is 19.3. The van der Waals surface area contributed by atoms with E-state index in [1.807, 2.05) is 0 Å². The fraction of sp³-hybridized carbons (Fsp3) is 0.0833. The Hall–Kier alpha value is -6.48. The topological polar surface area (TPSA) is 100 Å². The molecule has 0 saturated heterocycles. The summed E-state index contributed by atoms with van der Waals surface area (Å²) in [6.45, 7) is 0. The van der Waals surface area contributed by atoms with Gasteiger partial charge in [0, 0.05) is 23.3 Å². The summed E-state index contributed by atoms with van der Waals surface area (Å²) in [5.74, 6) is 3.31. The Morgan fingerprint density at radius 2 is 0.509 bits per heavy atom. The molecule has 3 aliphatic rings. The number of aromatic nitrogens is 2. The van der Waals surface area contributed by atoms with Crippen molar-refractivity contribution in [2.75, 3.05) is 21.3 Å². The standard InChI is InChI=1S/C48H34N8.Cu/c1-2-10-26-18-34-33(17-25(26)9-1)41-49-42(34)54-44-37-21-29-13-5-6-14-30(29)22-38(37)46(51-44)56-48-40-24-32-16-8-7-15-31(32)23-39(40)47(52-48)55-45-36-20-28-12-4-3-11-27(28)19-35(36)43(50-45)53-41;/h1-24,41-42,47-49,52-56H;/q-2;+2. The Morgan fingerprint density at radius 1 is 0.298 bits per heavy atom. The van der Waals surface area contributed by atoms with Gasteiger partial charge in [-0.3, -0.25) is 10.6 Å². The second kappa shape index (κ2) is 12.3. The number of hydrogen-bond donors (Lipinski definition) is 6. The first kappa shape index (κ1) is 32.7. The van der Waals surface area contributed by atoms with E-state index < -0.39 is 0 Å². The van der Waals surface area contributed by atoms with Crippen molar-refractivity contribution in [3.05, 3.63) is 168 Å². The molecule has 6 N–H and O–H groups in total. The summed E-state index contributed by atoms with van der Waals surface area (Å²) in [6, 6.07) is 52.6. The van der Waals surface area contributed by atoms with Gasteiger partial charge in [-0.05, 0) is 135 Å². The predicted octanol–water partition coefficient (Wildman–Crippen LogP) is 10.5. The van der Waals surface area contributed by atoms with Gasteiger partial charge in [-0.25, -0.2) is 0 Å². The van der Waals surface area contributed by atoms with E-state index in [9.17, 15) is 0 Å². The van der Waals surface area contributed by atoms with Crippen LogP contribution < -0.4 is 41.9 Å². The van der Waals surface area contributed by atoms with E-state index in [1.54, 1.807) is 0 Å². The van der Waals surface area contributed by atoms with Gasteiger partial charge in [-0.1, -0.05) is 97.1 Å². The number of fused-ring (bicyclic) bond motifs is 24. The van der Waals surface area contributed by atoms with E-state index in [2.05, 4.69) is 177 Å². The number of nitrogens with one attached hydrogen (secondary N) is 6. The smallest absolute Gasteiger partial charge is 0.422 e. The van der Waals surface area contributed by atoms with Crippen molar-refractivity contribution in [3.63, 3.8) is 0 Å². The third kappa shape index (κ3) is 5.00. The van der Waals surface area contributed by atoms with Crippen LogP contribution in [0.25, 0.3) is 64.6 Å². The molecule has 3 aliphatic heterocycles. The molecule has 0 fully saturated rings. The second-order valence-electron chi connectivity index (χ2n) is 15.4. The maximum atomic E-state index is 5.38. The van der Waals surface area contributed by atoms with Crippen molar-refractivity contribution in [2.45, 2.75) is 24.7 Å². The van der Waals surface area contributed by atoms with Gasteiger partial charge in [-0.15, -0.1) is 0 Å². The van der Waals surface area contributed by atoms with Crippen LogP contribution in [0.15, 0.2) is 146 Å². The van der Waals surface area contributed by atoms with E-state index in [1.165, 1.54) is 65.3 Å². The first-order valence-electron chi connectivity index (χ1n) is 19.3. The number of rotatable bonds is 0. The van der Waals surface area contributed by atoms with Gasteiger partial charge in [0.05, 0.1) is 24.7 Å². The monoisotopic (exact) mass is 785 g/mol. The van der Waals surface area contributed by atoms with E-state index >= 15 is 0 Å². The van der Waals surface area contributed by atoms with Gasteiger partial charge in [0.1, 0.15) is 0 Å². The SMILES string of the molecule is [Cu+2].c1ccc2cc3c(cc2c1)C1Nc2[n-]c(c4cc5ccccc5cc24)NC2NC(Nc4[n-]c(c5cc6ccccc6cc45)NC3N1)c1cc3ccccc3cc12. The predicted molar refractivity (Wildman–Crippen MR) is 229 cm³/mol. The molecule has 10 aromatic rings. The van der Waals surface area contributed by atoms with Gasteiger partial charge in [-0.2, -0.15) is 0 Å². The summed E-state index contributed by atoms with van der Waals surface area (Å²) < 4.78 is 0. The van der Waals surface area contributed by atoms with Crippen molar-refractivity contribution in [1.82, 2.24) is 20.6 Å².